The molecule has 2 saturated heterocycles. The molecule has 2 heterocycles. The van der Waals surface area contributed by atoms with Crippen molar-refractivity contribution in [3.05, 3.63) is 29.3 Å². The Labute approximate surface area is 152 Å². The molecule has 2 aliphatic heterocycles. The molecule has 2 fully saturated rings. The number of amides is 1. The SMILES string of the molecule is COc1cc(F)c(C(=O)N2CCCC[C@@H]2CCN2CCOCC2)c(F)c1. The van der Waals surface area contributed by atoms with Crippen LogP contribution in [-0.4, -0.2) is 68.3 Å². The summed E-state index contributed by atoms with van der Waals surface area (Å²) in [6, 6.07) is 2.13. The zero-order chi connectivity index (χ0) is 18.5. The number of carbonyl (C=O) groups excluding carboxylic acids is 1. The molecule has 7 heteroatoms. The Balaban J connectivity index is 1.71. The van der Waals surface area contributed by atoms with Gasteiger partial charge in [0.25, 0.3) is 5.91 Å². The Morgan fingerprint density at radius 1 is 1.19 bits per heavy atom. The fraction of sp³-hybridized carbons (Fsp3) is 0.632. The number of nitrogens with zero attached hydrogens (tertiary/aromatic N) is 2. The smallest absolute Gasteiger partial charge is 0.260 e. The molecule has 0 N–H and O–H groups in total. The first-order chi connectivity index (χ1) is 12.6. The quantitative estimate of drug-likeness (QED) is 0.801. The minimum absolute atomic E-state index is 0.0139. The number of rotatable bonds is 5. The normalized spacial score (nSPS) is 21.7. The van der Waals surface area contributed by atoms with E-state index >= 15 is 0 Å². The average Bonchev–Trinajstić information content (AvgIpc) is 2.66. The number of carbonyl (C=O) groups is 1. The fourth-order valence-corrected chi connectivity index (χ4v) is 3.74. The maximum atomic E-state index is 14.3. The summed E-state index contributed by atoms with van der Waals surface area (Å²) in [5, 5.41) is 0. The minimum atomic E-state index is -0.871. The van der Waals surface area contributed by atoms with Crippen LogP contribution < -0.4 is 4.74 Å². The van der Waals surface area contributed by atoms with Crippen molar-refractivity contribution < 1.29 is 23.0 Å². The van der Waals surface area contributed by atoms with Gasteiger partial charge in [0.15, 0.2) is 0 Å². The van der Waals surface area contributed by atoms with E-state index in [0.29, 0.717) is 6.54 Å². The molecule has 0 saturated carbocycles. The molecule has 1 atom stereocenters. The summed E-state index contributed by atoms with van der Waals surface area (Å²) in [5.41, 5.74) is -0.482. The van der Waals surface area contributed by atoms with Crippen LogP contribution in [0.5, 0.6) is 5.75 Å². The lowest BCUT2D eigenvalue weighted by molar-refractivity contribution is 0.0294. The van der Waals surface area contributed by atoms with Crippen LogP contribution in [0, 0.1) is 11.6 Å². The van der Waals surface area contributed by atoms with E-state index in [1.54, 1.807) is 4.90 Å². The highest BCUT2D eigenvalue weighted by Gasteiger charge is 2.31. The van der Waals surface area contributed by atoms with E-state index < -0.39 is 23.1 Å². The molecule has 1 amide bonds. The number of benzene rings is 1. The zero-order valence-electron chi connectivity index (χ0n) is 15.2. The molecule has 144 valence electrons. The third kappa shape index (κ3) is 4.32. The molecule has 0 bridgehead atoms. The van der Waals surface area contributed by atoms with Crippen molar-refractivity contribution >= 4 is 5.91 Å². The van der Waals surface area contributed by atoms with Crippen LogP contribution in [0.15, 0.2) is 12.1 Å². The molecular formula is C19H26F2N2O3. The second kappa shape index (κ2) is 8.77. The monoisotopic (exact) mass is 368 g/mol. The van der Waals surface area contributed by atoms with Gasteiger partial charge in [0, 0.05) is 44.4 Å². The molecule has 0 aliphatic carbocycles. The predicted molar refractivity (Wildman–Crippen MR) is 93.5 cm³/mol. The van der Waals surface area contributed by atoms with E-state index in [1.165, 1.54) is 7.11 Å². The number of ether oxygens (including phenoxy) is 2. The van der Waals surface area contributed by atoms with E-state index in [4.69, 9.17) is 9.47 Å². The Hall–Kier alpha value is -1.73. The zero-order valence-corrected chi connectivity index (χ0v) is 15.2. The first kappa shape index (κ1) is 19.0. The van der Waals surface area contributed by atoms with Crippen molar-refractivity contribution in [3.8, 4) is 5.75 Å². The lowest BCUT2D eigenvalue weighted by Gasteiger charge is -2.37. The number of likely N-dealkylation sites (tertiary alicyclic amines) is 1. The van der Waals surface area contributed by atoms with Gasteiger partial charge in [0.1, 0.15) is 22.9 Å². The third-order valence-electron chi connectivity index (χ3n) is 5.24. The van der Waals surface area contributed by atoms with E-state index in [0.717, 1.165) is 70.7 Å². The number of piperidine rings is 1. The summed E-state index contributed by atoms with van der Waals surface area (Å²) in [7, 11) is 1.34. The second-order valence-electron chi connectivity index (χ2n) is 6.86. The number of methoxy groups -OCH3 is 1. The number of morpholine rings is 1. The maximum absolute atomic E-state index is 14.3. The molecule has 2 aliphatic rings. The summed E-state index contributed by atoms with van der Waals surface area (Å²) < 4.78 is 38.9. The van der Waals surface area contributed by atoms with Crippen LogP contribution in [0.1, 0.15) is 36.0 Å². The van der Waals surface area contributed by atoms with Crippen molar-refractivity contribution in [2.45, 2.75) is 31.7 Å². The Morgan fingerprint density at radius 2 is 1.88 bits per heavy atom. The molecule has 0 radical (unpaired) electrons. The van der Waals surface area contributed by atoms with Gasteiger partial charge in [-0.1, -0.05) is 0 Å². The van der Waals surface area contributed by atoms with Crippen molar-refractivity contribution in [2.24, 2.45) is 0 Å². The summed E-state index contributed by atoms with van der Waals surface area (Å²) in [6.07, 6.45) is 3.57. The molecule has 0 unspecified atom stereocenters. The Morgan fingerprint density at radius 3 is 2.54 bits per heavy atom. The maximum Gasteiger partial charge on any atom is 0.260 e. The summed E-state index contributed by atoms with van der Waals surface area (Å²) in [4.78, 5) is 16.8. The van der Waals surface area contributed by atoms with E-state index in [2.05, 4.69) is 4.90 Å². The number of hydrogen-bond donors (Lipinski definition) is 0. The highest BCUT2D eigenvalue weighted by molar-refractivity contribution is 5.95. The molecule has 0 aromatic heterocycles. The first-order valence-electron chi connectivity index (χ1n) is 9.24. The van der Waals surface area contributed by atoms with Gasteiger partial charge in [0.2, 0.25) is 0 Å². The molecule has 3 rings (SSSR count). The van der Waals surface area contributed by atoms with Crippen molar-refractivity contribution in [1.82, 2.24) is 9.80 Å². The van der Waals surface area contributed by atoms with Crippen LogP contribution in [0.25, 0.3) is 0 Å². The molecule has 26 heavy (non-hydrogen) atoms. The van der Waals surface area contributed by atoms with Crippen LogP contribution >= 0.6 is 0 Å². The van der Waals surface area contributed by atoms with Crippen molar-refractivity contribution in [1.29, 1.82) is 0 Å². The van der Waals surface area contributed by atoms with Gasteiger partial charge in [0.05, 0.1) is 20.3 Å². The average molecular weight is 368 g/mol. The van der Waals surface area contributed by atoms with E-state index in [-0.39, 0.29) is 11.8 Å². The predicted octanol–water partition coefficient (Wildman–Crippen LogP) is 2.69. The molecule has 1 aromatic carbocycles. The van der Waals surface area contributed by atoms with Gasteiger partial charge in [-0.15, -0.1) is 0 Å². The topological polar surface area (TPSA) is 42.0 Å². The third-order valence-corrected chi connectivity index (χ3v) is 5.24. The van der Waals surface area contributed by atoms with Crippen LogP contribution in [0.3, 0.4) is 0 Å². The molecule has 0 spiro atoms. The Bertz CT molecular complexity index is 612. The highest BCUT2D eigenvalue weighted by Crippen LogP contribution is 2.26. The minimum Gasteiger partial charge on any atom is -0.497 e. The lowest BCUT2D eigenvalue weighted by atomic mass is 9.97. The van der Waals surface area contributed by atoms with Gasteiger partial charge >= 0.3 is 0 Å². The molecule has 5 nitrogen and oxygen atoms in total. The number of hydrogen-bond acceptors (Lipinski definition) is 4. The fourth-order valence-electron chi connectivity index (χ4n) is 3.74. The van der Waals surface area contributed by atoms with Gasteiger partial charge in [-0.2, -0.15) is 0 Å². The Kier molecular flexibility index (Phi) is 6.43. The standard InChI is InChI=1S/C19H26F2N2O3/c1-25-15-12-16(20)18(17(21)13-15)19(24)23-6-3-2-4-14(23)5-7-22-8-10-26-11-9-22/h12-14H,2-11H2,1H3/t14-/m1/s1. The van der Waals surface area contributed by atoms with Gasteiger partial charge in [-0.25, -0.2) is 8.78 Å². The van der Waals surface area contributed by atoms with Crippen LogP contribution in [0.2, 0.25) is 0 Å². The van der Waals surface area contributed by atoms with Crippen molar-refractivity contribution in [3.63, 3.8) is 0 Å². The second-order valence-corrected chi connectivity index (χ2v) is 6.86. The number of halogens is 2. The van der Waals surface area contributed by atoms with Crippen LogP contribution in [-0.2, 0) is 4.74 Å². The molecular weight excluding hydrogens is 342 g/mol. The van der Waals surface area contributed by atoms with Gasteiger partial charge in [-0.3, -0.25) is 9.69 Å². The van der Waals surface area contributed by atoms with E-state index in [9.17, 15) is 13.6 Å². The highest BCUT2D eigenvalue weighted by atomic mass is 19.1. The summed E-state index contributed by atoms with van der Waals surface area (Å²) in [5.74, 6) is -2.23. The van der Waals surface area contributed by atoms with Crippen LogP contribution in [0.4, 0.5) is 8.78 Å². The van der Waals surface area contributed by atoms with Crippen molar-refractivity contribution in [2.75, 3.05) is 46.5 Å². The summed E-state index contributed by atoms with van der Waals surface area (Å²) in [6.45, 7) is 4.65. The molecule has 1 aromatic rings. The largest absolute Gasteiger partial charge is 0.497 e. The van der Waals surface area contributed by atoms with E-state index in [1.807, 2.05) is 0 Å². The lowest BCUT2D eigenvalue weighted by Crippen LogP contribution is -2.46. The summed E-state index contributed by atoms with van der Waals surface area (Å²) >= 11 is 0. The first-order valence-corrected chi connectivity index (χ1v) is 9.24. The van der Waals surface area contributed by atoms with Gasteiger partial charge < -0.3 is 14.4 Å². The van der Waals surface area contributed by atoms with Gasteiger partial charge in [-0.05, 0) is 25.7 Å².